The predicted molar refractivity (Wildman–Crippen MR) is 295 cm³/mol. The van der Waals surface area contributed by atoms with Crippen LogP contribution in [0.3, 0.4) is 0 Å². The van der Waals surface area contributed by atoms with Crippen LogP contribution in [-0.2, 0) is 70.4 Å². The lowest BCUT2D eigenvalue weighted by molar-refractivity contribution is -0.142. The quantitative estimate of drug-likeness (QED) is 0.0129. The number of amides is 11. The van der Waals surface area contributed by atoms with Crippen molar-refractivity contribution in [3.63, 3.8) is 0 Å². The molecule has 2 rings (SSSR count). The molecule has 0 bridgehead atoms. The van der Waals surface area contributed by atoms with Gasteiger partial charge in [0.25, 0.3) is 0 Å². The fourth-order valence-electron chi connectivity index (χ4n) is 7.27. The number of carbonyl (C=O) groups excluding carboxylic acids is 11. The van der Waals surface area contributed by atoms with Gasteiger partial charge in [-0.25, -0.2) is 4.79 Å². The van der Waals surface area contributed by atoms with E-state index < -0.39 is 152 Å². The minimum absolute atomic E-state index is 0.0515. The summed E-state index contributed by atoms with van der Waals surface area (Å²) in [5.41, 5.74) is 17.2. The molecule has 0 unspecified atom stereocenters. The van der Waals surface area contributed by atoms with E-state index in [2.05, 4.69) is 58.5 Å². The van der Waals surface area contributed by atoms with Gasteiger partial charge in [0, 0.05) is 32.1 Å². The van der Waals surface area contributed by atoms with Crippen molar-refractivity contribution in [2.45, 2.75) is 108 Å². The van der Waals surface area contributed by atoms with Crippen molar-refractivity contribution in [2.75, 3.05) is 44.5 Å². The third kappa shape index (κ3) is 27.5. The van der Waals surface area contributed by atoms with Gasteiger partial charge in [0.2, 0.25) is 65.0 Å². The summed E-state index contributed by atoms with van der Waals surface area (Å²) >= 11 is 0.931. The number of carboxylic acid groups (broad SMARTS) is 1. The average Bonchev–Trinajstić information content (AvgIpc) is 3.44. The van der Waals surface area contributed by atoms with Gasteiger partial charge < -0.3 is 96.1 Å². The standard InChI is InChI=1S/C50H75N15O16S/c1-26(2)16-33(59-40(71)20-56-42(73)31(51)22-66)43(74)57-21-41(72)60-38(24-82-25-58-27(3)68)48(79)63-35(19-39(52)70)46(77)65-37(23-67)47(78)62-34(17-28-8-5-4-6-9-28)45(76)61-32(10-7-15-55-50(53)54)44(75)64-36(49(80)81)18-29-11-13-30(69)14-12-29/h4-6,8-9,11-14,26,31-38,66-67,69H,7,10,15-25,51H2,1-3H3,(H2,52,70)(H,56,73)(H,57,74)(H,58,68)(H,59,71)(H,60,72)(H,61,76)(H,62,78)(H,63,79)(H,64,75)(H,65,77)(H,80,81)(H4,53,54,55)/t31-,32-,33-,34-,35-,36-,37-,38-/m0/s1. The lowest BCUT2D eigenvalue weighted by Crippen LogP contribution is -2.61. The molecule has 0 saturated carbocycles. The van der Waals surface area contributed by atoms with E-state index in [1.54, 1.807) is 44.2 Å². The molecule has 0 radical (unpaired) electrons. The van der Waals surface area contributed by atoms with Crippen LogP contribution in [0.25, 0.3) is 0 Å². The second kappa shape index (κ2) is 36.6. The Balaban J connectivity index is 2.35. The molecule has 0 saturated heterocycles. The van der Waals surface area contributed by atoms with Crippen molar-refractivity contribution >= 4 is 88.7 Å². The Bertz CT molecular complexity index is 2530. The minimum Gasteiger partial charge on any atom is -0.508 e. The number of carbonyl (C=O) groups is 12. The largest absolute Gasteiger partial charge is 0.508 e. The van der Waals surface area contributed by atoms with Crippen molar-refractivity contribution < 1.29 is 78.0 Å². The summed E-state index contributed by atoms with van der Waals surface area (Å²) in [6, 6.07) is 1.28. The van der Waals surface area contributed by atoms with E-state index in [0.29, 0.717) is 11.1 Å². The molecular formula is C50H75N15O16S. The summed E-state index contributed by atoms with van der Waals surface area (Å²) in [5.74, 6) is -12.9. The summed E-state index contributed by atoms with van der Waals surface area (Å²) in [7, 11) is 0. The molecule has 8 atom stereocenters. The van der Waals surface area contributed by atoms with Crippen LogP contribution < -0.4 is 75.7 Å². The van der Waals surface area contributed by atoms with Crippen LogP contribution >= 0.6 is 11.8 Å². The average molecular weight is 1170 g/mol. The lowest BCUT2D eigenvalue weighted by atomic mass is 10.0. The number of aliphatic hydroxyl groups is 2. The lowest BCUT2D eigenvalue weighted by Gasteiger charge is -2.27. The maximum absolute atomic E-state index is 14.2. The maximum Gasteiger partial charge on any atom is 0.326 e. The van der Waals surface area contributed by atoms with Crippen molar-refractivity contribution in [3.05, 3.63) is 65.7 Å². The predicted octanol–water partition coefficient (Wildman–Crippen LogP) is -6.79. The minimum atomic E-state index is -1.90. The smallest absolute Gasteiger partial charge is 0.326 e. The second-order valence-corrected chi connectivity index (χ2v) is 19.9. The zero-order chi connectivity index (χ0) is 61.5. The molecule has 0 heterocycles. The van der Waals surface area contributed by atoms with Crippen molar-refractivity contribution in [1.82, 2.24) is 58.5 Å². The molecule has 0 spiro atoms. The van der Waals surface area contributed by atoms with E-state index >= 15 is 0 Å². The van der Waals surface area contributed by atoms with Crippen molar-refractivity contribution in [3.8, 4) is 5.75 Å². The topological polar surface area (TPSA) is 520 Å². The molecule has 2 aromatic carbocycles. The number of phenols is 1. The van der Waals surface area contributed by atoms with Crippen LogP contribution in [-0.4, -0.2) is 190 Å². The second-order valence-electron chi connectivity index (χ2n) is 18.9. The number of nitrogens with one attached hydrogen (secondary N) is 12. The van der Waals surface area contributed by atoms with Crippen LogP contribution in [0.4, 0.5) is 0 Å². The number of guanidine groups is 1. The number of phenolic OH excluding ortho intramolecular Hbond substituents is 1. The Morgan fingerprint density at radius 2 is 1.07 bits per heavy atom. The van der Waals surface area contributed by atoms with Crippen LogP contribution in [0.5, 0.6) is 5.75 Å². The molecule has 0 aliphatic heterocycles. The highest BCUT2D eigenvalue weighted by Gasteiger charge is 2.35. The number of aliphatic carboxylic acids is 1. The molecule has 0 aliphatic rings. The molecular weight excluding hydrogens is 1100 g/mol. The summed E-state index contributed by atoms with van der Waals surface area (Å²) in [5, 5.41) is 72.9. The van der Waals surface area contributed by atoms with Gasteiger partial charge in [0.05, 0.1) is 38.6 Å². The van der Waals surface area contributed by atoms with E-state index in [-0.39, 0.29) is 67.9 Å². The van der Waals surface area contributed by atoms with Gasteiger partial charge in [-0.3, -0.25) is 58.1 Å². The molecule has 0 fully saturated rings. The number of benzene rings is 2. The molecule has 11 amide bonds. The molecule has 2 aromatic rings. The van der Waals surface area contributed by atoms with Gasteiger partial charge in [-0.2, -0.15) is 0 Å². The van der Waals surface area contributed by atoms with Crippen molar-refractivity contribution in [2.24, 2.45) is 23.1 Å². The molecule has 452 valence electrons. The van der Waals surface area contributed by atoms with Gasteiger partial charge in [-0.05, 0) is 48.4 Å². The maximum atomic E-state index is 14.2. The number of aromatic hydroxyl groups is 1. The highest BCUT2D eigenvalue weighted by molar-refractivity contribution is 7.99. The third-order valence-corrected chi connectivity index (χ3v) is 12.4. The highest BCUT2D eigenvalue weighted by Crippen LogP contribution is 2.13. The van der Waals surface area contributed by atoms with Crippen LogP contribution in [0, 0.1) is 11.3 Å². The van der Waals surface area contributed by atoms with E-state index in [1.165, 1.54) is 31.2 Å². The molecule has 22 N–H and O–H groups in total. The number of carboxylic acids is 1. The number of rotatable bonds is 37. The number of nitrogens with two attached hydrogens (primary N) is 3. The number of thioether (sulfide) groups is 1. The third-order valence-electron chi connectivity index (χ3n) is 11.5. The van der Waals surface area contributed by atoms with E-state index in [0.717, 1.165) is 11.8 Å². The Morgan fingerprint density at radius 1 is 0.573 bits per heavy atom. The Kier molecular flexibility index (Phi) is 31.0. The van der Waals surface area contributed by atoms with Crippen LogP contribution in [0.2, 0.25) is 0 Å². The van der Waals surface area contributed by atoms with E-state index in [9.17, 15) is 72.9 Å². The monoisotopic (exact) mass is 1170 g/mol. The first kappa shape index (κ1) is 69.5. The van der Waals surface area contributed by atoms with Crippen LogP contribution in [0.15, 0.2) is 54.6 Å². The Hall–Kier alpha value is -8.62. The van der Waals surface area contributed by atoms with Gasteiger partial charge >= 0.3 is 5.97 Å². The molecule has 0 aromatic heterocycles. The summed E-state index contributed by atoms with van der Waals surface area (Å²) in [6.45, 7) is 1.56. The first-order valence-electron chi connectivity index (χ1n) is 25.6. The fraction of sp³-hybridized carbons (Fsp3) is 0.500. The Labute approximate surface area is 475 Å². The van der Waals surface area contributed by atoms with Gasteiger partial charge in [-0.15, -0.1) is 11.8 Å². The van der Waals surface area contributed by atoms with Gasteiger partial charge in [0.1, 0.15) is 54.1 Å². The Morgan fingerprint density at radius 3 is 1.63 bits per heavy atom. The number of hydrogen-bond acceptors (Lipinski definition) is 18. The fourth-order valence-corrected chi connectivity index (χ4v) is 8.16. The van der Waals surface area contributed by atoms with Gasteiger partial charge in [0.15, 0.2) is 5.96 Å². The molecule has 32 heteroatoms. The normalized spacial score (nSPS) is 13.7. The molecule has 82 heavy (non-hydrogen) atoms. The zero-order valence-electron chi connectivity index (χ0n) is 45.4. The summed E-state index contributed by atoms with van der Waals surface area (Å²) < 4.78 is 0. The first-order chi connectivity index (χ1) is 38.7. The number of aliphatic hydroxyl groups excluding tert-OH is 2. The summed E-state index contributed by atoms with van der Waals surface area (Å²) in [6.07, 6.45) is -1.36. The molecule has 0 aliphatic carbocycles. The van der Waals surface area contributed by atoms with E-state index in [1.807, 2.05) is 0 Å². The van der Waals surface area contributed by atoms with E-state index in [4.69, 9.17) is 27.7 Å². The zero-order valence-corrected chi connectivity index (χ0v) is 46.2. The highest BCUT2D eigenvalue weighted by atomic mass is 32.2. The number of hydrogen-bond donors (Lipinski definition) is 19. The van der Waals surface area contributed by atoms with Crippen LogP contribution in [0.1, 0.15) is 57.6 Å². The molecule has 31 nitrogen and oxygen atoms in total. The first-order valence-corrected chi connectivity index (χ1v) is 26.7. The summed E-state index contributed by atoms with van der Waals surface area (Å²) in [4.78, 5) is 157. The number of primary amides is 1. The SMILES string of the molecule is CC(=O)NCSC[C@H](NC(=O)CNC(=O)[C@H](CC(C)C)NC(=O)CNC(=O)[C@@H](N)CO)C(=O)N[C@@H](CC(N)=O)C(=O)N[C@@H](CO)C(=O)N[C@@H](Cc1ccccc1)C(=O)N[C@@H](CCCNC(=N)N)C(=O)N[C@@H](Cc1ccc(O)cc1)C(=O)O. The van der Waals surface area contributed by atoms with Crippen molar-refractivity contribution in [1.29, 1.82) is 5.41 Å². The van der Waals surface area contributed by atoms with Gasteiger partial charge in [-0.1, -0.05) is 56.3 Å².